The summed E-state index contributed by atoms with van der Waals surface area (Å²) >= 11 is 10.9. The maximum Gasteiger partial charge on any atom is 0.233 e. The SMILES string of the molecule is Cc1nc(SCC(=O)N2CCN(Cc3ccc(Cl)s3)CC2)c2c(C)c(C)sc2n1. The lowest BCUT2D eigenvalue weighted by Gasteiger charge is -2.34. The molecule has 0 atom stereocenters. The average Bonchev–Trinajstić information content (AvgIpc) is 3.22. The number of fused-ring (bicyclic) bond motifs is 1. The zero-order chi connectivity index (χ0) is 20.5. The van der Waals surface area contributed by atoms with Gasteiger partial charge in [-0.3, -0.25) is 9.69 Å². The quantitative estimate of drug-likeness (QED) is 0.400. The summed E-state index contributed by atoms with van der Waals surface area (Å²) in [6, 6.07) is 4.03. The molecule has 5 nitrogen and oxygen atoms in total. The van der Waals surface area contributed by atoms with Gasteiger partial charge in [-0.05, 0) is 38.5 Å². The van der Waals surface area contributed by atoms with Gasteiger partial charge in [-0.2, -0.15) is 0 Å². The minimum Gasteiger partial charge on any atom is -0.339 e. The second-order valence-electron chi connectivity index (χ2n) is 7.19. The Morgan fingerprint density at radius 1 is 1.14 bits per heavy atom. The second kappa shape index (κ2) is 8.89. The van der Waals surface area contributed by atoms with Crippen molar-refractivity contribution >= 4 is 62.2 Å². The van der Waals surface area contributed by atoms with Gasteiger partial charge in [0.2, 0.25) is 5.91 Å². The Bertz CT molecular complexity index is 1040. The third-order valence-corrected chi connectivity index (χ3v) is 8.45. The number of carbonyl (C=O) groups excluding carboxylic acids is 1. The molecule has 1 aliphatic rings. The van der Waals surface area contributed by atoms with Crippen LogP contribution < -0.4 is 0 Å². The number of thiophene rings is 2. The van der Waals surface area contributed by atoms with E-state index in [2.05, 4.69) is 34.8 Å². The van der Waals surface area contributed by atoms with Crippen molar-refractivity contribution in [1.29, 1.82) is 0 Å². The van der Waals surface area contributed by atoms with E-state index in [1.54, 1.807) is 22.7 Å². The largest absolute Gasteiger partial charge is 0.339 e. The normalized spacial score (nSPS) is 15.4. The number of rotatable bonds is 5. The van der Waals surface area contributed by atoms with Crippen molar-refractivity contribution in [2.45, 2.75) is 32.3 Å². The standard InChI is InChI=1S/C20H23ClN4OS3/c1-12-13(2)28-20-18(12)19(22-14(3)23-20)27-11-17(26)25-8-6-24(7-9-25)10-15-4-5-16(21)29-15/h4-5H,6-11H2,1-3H3. The Hall–Kier alpha value is -1.19. The number of halogens is 1. The van der Waals surface area contributed by atoms with Crippen LogP contribution in [0.5, 0.6) is 0 Å². The number of hydrogen-bond donors (Lipinski definition) is 0. The van der Waals surface area contributed by atoms with Crippen molar-refractivity contribution in [3.63, 3.8) is 0 Å². The van der Waals surface area contributed by atoms with Gasteiger partial charge < -0.3 is 4.90 Å². The summed E-state index contributed by atoms with van der Waals surface area (Å²) in [7, 11) is 0. The smallest absolute Gasteiger partial charge is 0.233 e. The molecule has 29 heavy (non-hydrogen) atoms. The molecule has 4 rings (SSSR count). The number of hydrogen-bond acceptors (Lipinski definition) is 7. The second-order valence-corrected chi connectivity index (χ2v) is 11.2. The first-order chi connectivity index (χ1) is 13.9. The molecule has 3 aromatic rings. The zero-order valence-corrected chi connectivity index (χ0v) is 19.9. The van der Waals surface area contributed by atoms with E-state index in [9.17, 15) is 4.79 Å². The minimum atomic E-state index is 0.183. The van der Waals surface area contributed by atoms with Crippen molar-refractivity contribution < 1.29 is 4.79 Å². The van der Waals surface area contributed by atoms with Gasteiger partial charge in [0.25, 0.3) is 0 Å². The van der Waals surface area contributed by atoms with Crippen molar-refractivity contribution in [2.24, 2.45) is 0 Å². The molecule has 3 aromatic heterocycles. The van der Waals surface area contributed by atoms with Crippen LogP contribution >= 0.6 is 46.0 Å². The number of aryl methyl sites for hydroxylation is 3. The van der Waals surface area contributed by atoms with Gasteiger partial charge in [0.05, 0.1) is 10.1 Å². The lowest BCUT2D eigenvalue weighted by atomic mass is 10.2. The first kappa shape index (κ1) is 21.1. The van der Waals surface area contributed by atoms with Gasteiger partial charge in [-0.15, -0.1) is 22.7 Å². The molecule has 1 amide bonds. The molecular weight excluding hydrogens is 444 g/mol. The van der Waals surface area contributed by atoms with Crippen molar-refractivity contribution in [1.82, 2.24) is 19.8 Å². The molecule has 0 radical (unpaired) electrons. The van der Waals surface area contributed by atoms with E-state index in [0.717, 1.165) is 58.1 Å². The highest BCUT2D eigenvalue weighted by molar-refractivity contribution is 8.00. The van der Waals surface area contributed by atoms with Gasteiger partial charge in [-0.1, -0.05) is 23.4 Å². The van der Waals surface area contributed by atoms with Crippen LogP contribution in [0.15, 0.2) is 17.2 Å². The molecule has 154 valence electrons. The lowest BCUT2D eigenvalue weighted by Crippen LogP contribution is -2.48. The molecule has 1 saturated heterocycles. The molecule has 0 saturated carbocycles. The molecule has 0 aliphatic carbocycles. The summed E-state index contributed by atoms with van der Waals surface area (Å²) in [5.74, 6) is 1.36. The summed E-state index contributed by atoms with van der Waals surface area (Å²) in [6.45, 7) is 10.4. The molecule has 0 aromatic carbocycles. The highest BCUT2D eigenvalue weighted by Crippen LogP contribution is 2.35. The fourth-order valence-corrected chi connectivity index (χ4v) is 6.76. The topological polar surface area (TPSA) is 49.3 Å². The highest BCUT2D eigenvalue weighted by Gasteiger charge is 2.22. The molecule has 0 N–H and O–H groups in total. The summed E-state index contributed by atoms with van der Waals surface area (Å²) in [5.41, 5.74) is 1.22. The van der Waals surface area contributed by atoms with E-state index in [-0.39, 0.29) is 5.91 Å². The van der Waals surface area contributed by atoms with Gasteiger partial charge in [0, 0.05) is 47.9 Å². The Balaban J connectivity index is 1.34. The maximum atomic E-state index is 12.8. The number of amides is 1. The van der Waals surface area contributed by atoms with E-state index in [1.165, 1.54) is 27.1 Å². The molecule has 0 unspecified atom stereocenters. The third kappa shape index (κ3) is 4.77. The van der Waals surface area contributed by atoms with Crippen LogP contribution in [0.4, 0.5) is 0 Å². The fraction of sp³-hybridized carbons (Fsp3) is 0.450. The predicted octanol–water partition coefficient (Wildman–Crippen LogP) is 4.77. The Morgan fingerprint density at radius 2 is 1.90 bits per heavy atom. The summed E-state index contributed by atoms with van der Waals surface area (Å²) in [4.78, 5) is 29.9. The highest BCUT2D eigenvalue weighted by atomic mass is 35.5. The summed E-state index contributed by atoms with van der Waals surface area (Å²) in [6.07, 6.45) is 0. The first-order valence-electron chi connectivity index (χ1n) is 9.52. The van der Waals surface area contributed by atoms with E-state index in [4.69, 9.17) is 11.6 Å². The fourth-order valence-electron chi connectivity index (χ4n) is 3.45. The molecular formula is C20H23ClN4OS3. The molecule has 0 spiro atoms. The Kier molecular flexibility index (Phi) is 6.46. The Morgan fingerprint density at radius 3 is 2.59 bits per heavy atom. The number of nitrogens with zero attached hydrogens (tertiary/aromatic N) is 4. The summed E-state index contributed by atoms with van der Waals surface area (Å²) < 4.78 is 0.830. The monoisotopic (exact) mass is 466 g/mol. The maximum absolute atomic E-state index is 12.8. The number of thioether (sulfide) groups is 1. The number of carbonyl (C=O) groups is 1. The van der Waals surface area contributed by atoms with Gasteiger partial charge in [-0.25, -0.2) is 9.97 Å². The molecule has 9 heteroatoms. The van der Waals surface area contributed by atoms with Gasteiger partial charge in [0.15, 0.2) is 0 Å². The van der Waals surface area contributed by atoms with Crippen LogP contribution in [-0.2, 0) is 11.3 Å². The van der Waals surface area contributed by atoms with Crippen LogP contribution in [0, 0.1) is 20.8 Å². The van der Waals surface area contributed by atoms with Crippen LogP contribution in [0.3, 0.4) is 0 Å². The van der Waals surface area contributed by atoms with Crippen LogP contribution in [-0.4, -0.2) is 57.6 Å². The summed E-state index contributed by atoms with van der Waals surface area (Å²) in [5, 5.41) is 2.03. The zero-order valence-electron chi connectivity index (χ0n) is 16.7. The third-order valence-electron chi connectivity index (χ3n) is 5.17. The van der Waals surface area contributed by atoms with E-state index in [1.807, 2.05) is 17.9 Å². The molecule has 0 bridgehead atoms. The van der Waals surface area contributed by atoms with Crippen molar-refractivity contribution in [2.75, 3.05) is 31.9 Å². The molecule has 4 heterocycles. The predicted molar refractivity (Wildman–Crippen MR) is 124 cm³/mol. The van der Waals surface area contributed by atoms with E-state index in [0.29, 0.717) is 5.75 Å². The first-order valence-corrected chi connectivity index (χ1v) is 12.5. The van der Waals surface area contributed by atoms with E-state index < -0.39 is 0 Å². The van der Waals surface area contributed by atoms with Crippen molar-refractivity contribution in [3.8, 4) is 0 Å². The Labute approximate surface area is 188 Å². The van der Waals surface area contributed by atoms with Crippen LogP contribution in [0.25, 0.3) is 10.2 Å². The van der Waals surface area contributed by atoms with Gasteiger partial charge >= 0.3 is 0 Å². The lowest BCUT2D eigenvalue weighted by molar-refractivity contribution is -0.130. The minimum absolute atomic E-state index is 0.183. The average molecular weight is 467 g/mol. The van der Waals surface area contributed by atoms with Gasteiger partial charge in [0.1, 0.15) is 15.7 Å². The number of aromatic nitrogens is 2. The molecule has 1 aliphatic heterocycles. The number of piperazine rings is 1. The van der Waals surface area contributed by atoms with E-state index >= 15 is 0 Å². The molecule has 1 fully saturated rings. The van der Waals surface area contributed by atoms with Crippen molar-refractivity contribution in [3.05, 3.63) is 37.6 Å². The van der Waals surface area contributed by atoms with Crippen LogP contribution in [0.1, 0.15) is 21.1 Å². The van der Waals surface area contributed by atoms with Crippen LogP contribution in [0.2, 0.25) is 4.34 Å².